The Morgan fingerprint density at radius 2 is 1.88 bits per heavy atom. The minimum atomic E-state index is -4.53. The zero-order valence-electron chi connectivity index (χ0n) is 13.4. The van der Waals surface area contributed by atoms with Gasteiger partial charge in [-0.1, -0.05) is 23.2 Å². The molecule has 0 atom stereocenters. The molecule has 0 bridgehead atoms. The molecule has 0 saturated carbocycles. The second-order valence-corrected chi connectivity index (χ2v) is 6.59. The number of fused-ring (bicyclic) bond motifs is 1. The number of alkyl halides is 3. The van der Waals surface area contributed by atoms with Crippen molar-refractivity contribution >= 4 is 45.8 Å². The molecule has 3 rings (SSSR count). The zero-order valence-corrected chi connectivity index (χ0v) is 14.9. The van der Waals surface area contributed by atoms with E-state index in [1.807, 2.05) is 6.92 Å². The van der Waals surface area contributed by atoms with Gasteiger partial charge in [0, 0.05) is 16.0 Å². The van der Waals surface area contributed by atoms with Crippen molar-refractivity contribution in [3.05, 3.63) is 63.3 Å². The van der Waals surface area contributed by atoms with Crippen LogP contribution in [0.25, 0.3) is 11.0 Å². The highest BCUT2D eigenvalue weighted by Gasteiger charge is 2.31. The fraction of sp³-hybridized carbons (Fsp3) is 0.167. The average molecular weight is 402 g/mol. The predicted molar refractivity (Wildman–Crippen MR) is 94.7 cm³/mol. The van der Waals surface area contributed by atoms with Gasteiger partial charge >= 0.3 is 6.18 Å². The Balaban J connectivity index is 1.83. The third kappa shape index (κ3) is 3.81. The topological polar surface area (TPSA) is 42.2 Å². The standard InChI is InChI=1S/C18H12Cl2F3NO2/c1-9-4-16-12(7-14(9)20)10(8-26-16)5-17(25)24-15-6-11(18(21,22)23)2-3-13(15)19/h2-4,6-8H,5H2,1H3,(H,24,25). The van der Waals surface area contributed by atoms with Gasteiger partial charge in [-0.05, 0) is 42.8 Å². The minimum absolute atomic E-state index is 0.0158. The number of rotatable bonds is 3. The van der Waals surface area contributed by atoms with E-state index in [4.69, 9.17) is 27.6 Å². The van der Waals surface area contributed by atoms with Crippen LogP contribution in [0.15, 0.2) is 41.0 Å². The summed E-state index contributed by atoms with van der Waals surface area (Å²) in [6.07, 6.45) is -3.20. The van der Waals surface area contributed by atoms with Crippen LogP contribution in [-0.2, 0) is 17.4 Å². The summed E-state index contributed by atoms with van der Waals surface area (Å²) >= 11 is 12.0. The van der Waals surface area contributed by atoms with E-state index in [9.17, 15) is 18.0 Å². The summed E-state index contributed by atoms with van der Waals surface area (Å²) in [4.78, 5) is 12.3. The molecule has 0 aliphatic rings. The largest absolute Gasteiger partial charge is 0.464 e. The van der Waals surface area contributed by atoms with Gasteiger partial charge < -0.3 is 9.73 Å². The van der Waals surface area contributed by atoms with E-state index < -0.39 is 17.6 Å². The quantitative estimate of drug-likeness (QED) is 0.563. The van der Waals surface area contributed by atoms with Crippen LogP contribution in [0.4, 0.5) is 18.9 Å². The lowest BCUT2D eigenvalue weighted by atomic mass is 10.1. The van der Waals surface area contributed by atoms with Crippen LogP contribution in [0.3, 0.4) is 0 Å². The highest BCUT2D eigenvalue weighted by atomic mass is 35.5. The third-order valence-corrected chi connectivity index (χ3v) is 4.59. The zero-order chi connectivity index (χ0) is 19.1. The van der Waals surface area contributed by atoms with Crippen LogP contribution in [0, 0.1) is 6.92 Å². The molecule has 2 aromatic carbocycles. The number of nitrogens with one attached hydrogen (secondary N) is 1. The lowest BCUT2D eigenvalue weighted by Gasteiger charge is -2.11. The van der Waals surface area contributed by atoms with Crippen molar-refractivity contribution in [2.75, 3.05) is 5.32 Å². The molecule has 0 aliphatic heterocycles. The van der Waals surface area contributed by atoms with Gasteiger partial charge in [0.15, 0.2) is 0 Å². The summed E-state index contributed by atoms with van der Waals surface area (Å²) in [6, 6.07) is 6.19. The van der Waals surface area contributed by atoms with Gasteiger partial charge in [0.2, 0.25) is 5.91 Å². The summed E-state index contributed by atoms with van der Waals surface area (Å²) in [7, 11) is 0. The number of hydrogen-bond donors (Lipinski definition) is 1. The maximum absolute atomic E-state index is 12.8. The normalized spacial score (nSPS) is 11.8. The Bertz CT molecular complexity index is 996. The van der Waals surface area contributed by atoms with Gasteiger partial charge in [-0.25, -0.2) is 0 Å². The molecule has 0 fully saturated rings. The Labute approximate surface area is 156 Å². The van der Waals surface area contributed by atoms with E-state index in [0.29, 0.717) is 21.6 Å². The van der Waals surface area contributed by atoms with Crippen molar-refractivity contribution in [3.63, 3.8) is 0 Å². The number of hydrogen-bond acceptors (Lipinski definition) is 2. The monoisotopic (exact) mass is 401 g/mol. The van der Waals surface area contributed by atoms with Gasteiger partial charge in [-0.2, -0.15) is 13.2 Å². The Morgan fingerprint density at radius 3 is 2.58 bits per heavy atom. The minimum Gasteiger partial charge on any atom is -0.464 e. The van der Waals surface area contributed by atoms with Gasteiger partial charge in [0.25, 0.3) is 0 Å². The highest BCUT2D eigenvalue weighted by molar-refractivity contribution is 6.33. The highest BCUT2D eigenvalue weighted by Crippen LogP contribution is 2.34. The van der Waals surface area contributed by atoms with Gasteiger partial charge in [0.05, 0.1) is 29.0 Å². The van der Waals surface area contributed by atoms with Crippen molar-refractivity contribution in [3.8, 4) is 0 Å². The molecule has 3 nitrogen and oxygen atoms in total. The van der Waals surface area contributed by atoms with Crippen molar-refractivity contribution in [2.45, 2.75) is 19.5 Å². The molecule has 1 aromatic heterocycles. The number of anilines is 1. The molecule has 8 heteroatoms. The molecule has 3 aromatic rings. The lowest BCUT2D eigenvalue weighted by molar-refractivity contribution is -0.137. The molecule has 0 spiro atoms. The first-order valence-corrected chi connectivity index (χ1v) is 8.23. The average Bonchev–Trinajstić information content (AvgIpc) is 2.91. The first kappa shape index (κ1) is 18.6. The van der Waals surface area contributed by atoms with Crippen LogP contribution < -0.4 is 5.32 Å². The van der Waals surface area contributed by atoms with Crippen LogP contribution in [0.1, 0.15) is 16.7 Å². The van der Waals surface area contributed by atoms with Crippen LogP contribution >= 0.6 is 23.2 Å². The van der Waals surface area contributed by atoms with E-state index in [1.54, 1.807) is 12.1 Å². The molecule has 1 N–H and O–H groups in total. The lowest BCUT2D eigenvalue weighted by Crippen LogP contribution is -2.15. The van der Waals surface area contributed by atoms with Gasteiger partial charge in [-0.15, -0.1) is 0 Å². The third-order valence-electron chi connectivity index (χ3n) is 3.85. The molecule has 0 aliphatic carbocycles. The maximum atomic E-state index is 12.8. The van der Waals surface area contributed by atoms with E-state index in [2.05, 4.69) is 5.32 Å². The molecule has 136 valence electrons. The molecule has 1 amide bonds. The summed E-state index contributed by atoms with van der Waals surface area (Å²) in [6.45, 7) is 1.83. The number of furan rings is 1. The van der Waals surface area contributed by atoms with Gasteiger partial charge in [-0.3, -0.25) is 4.79 Å². The molecule has 1 heterocycles. The van der Waals surface area contributed by atoms with Crippen molar-refractivity contribution < 1.29 is 22.4 Å². The van der Waals surface area contributed by atoms with E-state index in [0.717, 1.165) is 23.8 Å². The number of carbonyl (C=O) groups is 1. The Kier molecular flexibility index (Phi) is 4.90. The molecule has 0 saturated heterocycles. The number of amides is 1. The van der Waals surface area contributed by atoms with Crippen molar-refractivity contribution in [2.24, 2.45) is 0 Å². The van der Waals surface area contributed by atoms with Crippen LogP contribution in [0.5, 0.6) is 0 Å². The SMILES string of the molecule is Cc1cc2occ(CC(=O)Nc3cc(C(F)(F)F)ccc3Cl)c2cc1Cl. The predicted octanol–water partition coefficient (Wildman–Crippen LogP) is 6.25. The van der Waals surface area contributed by atoms with Crippen molar-refractivity contribution in [1.82, 2.24) is 0 Å². The second-order valence-electron chi connectivity index (χ2n) is 5.78. The Hall–Kier alpha value is -2.18. The number of carbonyl (C=O) groups excluding carboxylic acids is 1. The molecular formula is C18H12Cl2F3NO2. The molecule has 26 heavy (non-hydrogen) atoms. The molecular weight excluding hydrogens is 390 g/mol. The van der Waals surface area contributed by atoms with Gasteiger partial charge in [0.1, 0.15) is 5.58 Å². The van der Waals surface area contributed by atoms with Crippen LogP contribution in [0.2, 0.25) is 10.0 Å². The number of aryl methyl sites for hydroxylation is 1. The summed E-state index contributed by atoms with van der Waals surface area (Å²) in [5.41, 5.74) is 0.982. The van der Waals surface area contributed by atoms with Crippen molar-refractivity contribution in [1.29, 1.82) is 0 Å². The summed E-state index contributed by atoms with van der Waals surface area (Å²) in [5, 5.41) is 3.62. The van der Waals surface area contributed by atoms with Crippen LogP contribution in [-0.4, -0.2) is 5.91 Å². The summed E-state index contributed by atoms with van der Waals surface area (Å²) < 4.78 is 43.8. The van der Waals surface area contributed by atoms with E-state index in [1.165, 1.54) is 6.26 Å². The first-order chi connectivity index (χ1) is 12.1. The first-order valence-electron chi connectivity index (χ1n) is 7.48. The summed E-state index contributed by atoms with van der Waals surface area (Å²) in [5.74, 6) is -0.523. The maximum Gasteiger partial charge on any atom is 0.416 e. The molecule has 0 unspecified atom stereocenters. The smallest absolute Gasteiger partial charge is 0.416 e. The number of halogens is 5. The molecule has 0 radical (unpaired) electrons. The second kappa shape index (κ2) is 6.85. The fourth-order valence-electron chi connectivity index (χ4n) is 2.50. The fourth-order valence-corrected chi connectivity index (χ4v) is 2.83. The van der Waals surface area contributed by atoms with E-state index in [-0.39, 0.29) is 17.1 Å². The number of benzene rings is 2. The Morgan fingerprint density at radius 1 is 1.15 bits per heavy atom. The van der Waals surface area contributed by atoms with E-state index >= 15 is 0 Å².